The Kier molecular flexibility index (Phi) is 4.05. The molecule has 2 N–H and O–H groups in total. The molecule has 20 heavy (non-hydrogen) atoms. The summed E-state index contributed by atoms with van der Waals surface area (Å²) in [6.07, 6.45) is 10.6. The van der Waals surface area contributed by atoms with Crippen LogP contribution < -0.4 is 5.32 Å². The Morgan fingerprint density at radius 1 is 1.05 bits per heavy atom. The predicted molar refractivity (Wildman–Crippen MR) is 81.9 cm³/mol. The SMILES string of the molecule is O=C(NC1CCCCCCC1)c1ccc2[nH]ccc2c1. The Hall–Kier alpha value is -1.77. The Balaban J connectivity index is 1.67. The molecule has 0 spiro atoms. The van der Waals surface area contributed by atoms with Gasteiger partial charge in [0, 0.05) is 28.7 Å². The van der Waals surface area contributed by atoms with Gasteiger partial charge in [-0.05, 0) is 37.1 Å². The fraction of sp³-hybridized carbons (Fsp3) is 0.471. The lowest BCUT2D eigenvalue weighted by Crippen LogP contribution is -2.35. The molecule has 1 saturated carbocycles. The number of hydrogen-bond acceptors (Lipinski definition) is 1. The van der Waals surface area contributed by atoms with Crippen molar-refractivity contribution >= 4 is 16.8 Å². The number of benzene rings is 1. The van der Waals surface area contributed by atoms with Gasteiger partial charge < -0.3 is 10.3 Å². The Bertz CT molecular complexity index is 579. The van der Waals surface area contributed by atoms with Crippen LogP contribution in [-0.4, -0.2) is 16.9 Å². The topological polar surface area (TPSA) is 44.9 Å². The van der Waals surface area contributed by atoms with Gasteiger partial charge in [-0.25, -0.2) is 0 Å². The minimum Gasteiger partial charge on any atom is -0.361 e. The number of carbonyl (C=O) groups is 1. The van der Waals surface area contributed by atoms with Gasteiger partial charge in [0.2, 0.25) is 0 Å². The zero-order valence-corrected chi connectivity index (χ0v) is 11.8. The summed E-state index contributed by atoms with van der Waals surface area (Å²) in [4.78, 5) is 15.5. The van der Waals surface area contributed by atoms with Crippen molar-refractivity contribution in [3.63, 3.8) is 0 Å². The zero-order valence-electron chi connectivity index (χ0n) is 11.8. The number of carbonyl (C=O) groups excluding carboxylic acids is 1. The van der Waals surface area contributed by atoms with E-state index in [1.807, 2.05) is 30.5 Å². The Morgan fingerprint density at radius 3 is 2.60 bits per heavy atom. The molecule has 0 radical (unpaired) electrons. The summed E-state index contributed by atoms with van der Waals surface area (Å²) in [5, 5.41) is 4.30. The van der Waals surface area contributed by atoms with Crippen molar-refractivity contribution < 1.29 is 4.79 Å². The number of aromatic amines is 1. The lowest BCUT2D eigenvalue weighted by Gasteiger charge is -2.21. The molecule has 3 nitrogen and oxygen atoms in total. The number of aromatic nitrogens is 1. The molecule has 1 amide bonds. The lowest BCUT2D eigenvalue weighted by molar-refractivity contribution is 0.0930. The van der Waals surface area contributed by atoms with Crippen molar-refractivity contribution in [2.24, 2.45) is 0 Å². The summed E-state index contributed by atoms with van der Waals surface area (Å²) in [6.45, 7) is 0. The molecule has 1 aliphatic rings. The first-order valence-electron chi connectivity index (χ1n) is 7.71. The van der Waals surface area contributed by atoms with E-state index in [-0.39, 0.29) is 5.91 Å². The van der Waals surface area contributed by atoms with Crippen molar-refractivity contribution in [1.29, 1.82) is 0 Å². The van der Waals surface area contributed by atoms with Crippen LogP contribution in [-0.2, 0) is 0 Å². The molecular formula is C17H22N2O. The van der Waals surface area contributed by atoms with Crippen LogP contribution in [0.5, 0.6) is 0 Å². The Morgan fingerprint density at radius 2 is 1.80 bits per heavy atom. The van der Waals surface area contributed by atoms with Crippen molar-refractivity contribution in [1.82, 2.24) is 10.3 Å². The smallest absolute Gasteiger partial charge is 0.251 e. The molecule has 1 fully saturated rings. The van der Waals surface area contributed by atoms with E-state index >= 15 is 0 Å². The van der Waals surface area contributed by atoms with Gasteiger partial charge in [0.15, 0.2) is 0 Å². The first-order valence-corrected chi connectivity index (χ1v) is 7.71. The number of H-pyrrole nitrogens is 1. The van der Waals surface area contributed by atoms with E-state index in [9.17, 15) is 4.79 Å². The van der Waals surface area contributed by atoms with Crippen LogP contribution in [0.4, 0.5) is 0 Å². The van der Waals surface area contributed by atoms with E-state index < -0.39 is 0 Å². The summed E-state index contributed by atoms with van der Waals surface area (Å²) in [7, 11) is 0. The molecule has 1 aromatic heterocycles. The summed E-state index contributed by atoms with van der Waals surface area (Å²) in [5.74, 6) is 0.0682. The molecule has 3 rings (SSSR count). The average Bonchev–Trinajstić information content (AvgIpc) is 2.88. The fourth-order valence-corrected chi connectivity index (χ4v) is 3.06. The summed E-state index contributed by atoms with van der Waals surface area (Å²) >= 11 is 0. The second kappa shape index (κ2) is 6.12. The average molecular weight is 270 g/mol. The van der Waals surface area contributed by atoms with Crippen LogP contribution in [0, 0.1) is 0 Å². The van der Waals surface area contributed by atoms with Crippen molar-refractivity contribution in [2.45, 2.75) is 51.0 Å². The maximum Gasteiger partial charge on any atom is 0.251 e. The Labute approximate surface area is 119 Å². The van der Waals surface area contributed by atoms with Gasteiger partial charge in [-0.15, -0.1) is 0 Å². The molecule has 3 heteroatoms. The number of fused-ring (bicyclic) bond motifs is 1. The second-order valence-corrected chi connectivity index (χ2v) is 5.80. The molecule has 1 aliphatic carbocycles. The first kappa shape index (κ1) is 13.2. The maximum atomic E-state index is 12.4. The molecule has 106 valence electrons. The fourth-order valence-electron chi connectivity index (χ4n) is 3.06. The molecule has 0 unspecified atom stereocenters. The zero-order chi connectivity index (χ0) is 13.8. The van der Waals surface area contributed by atoms with Gasteiger partial charge in [-0.2, -0.15) is 0 Å². The minimum atomic E-state index is 0.0682. The van der Waals surface area contributed by atoms with Crippen molar-refractivity contribution in [3.8, 4) is 0 Å². The van der Waals surface area contributed by atoms with Crippen LogP contribution in [0.15, 0.2) is 30.5 Å². The standard InChI is InChI=1S/C17H22N2O/c20-17(19-15-6-4-2-1-3-5-7-15)14-8-9-16-13(12-14)10-11-18-16/h8-12,15,18H,1-7H2,(H,19,20). The molecule has 2 aromatic rings. The van der Waals surface area contributed by atoms with Gasteiger partial charge in [0.05, 0.1) is 0 Å². The molecule has 0 saturated heterocycles. The summed E-state index contributed by atoms with van der Waals surface area (Å²) < 4.78 is 0. The van der Waals surface area contributed by atoms with E-state index in [1.54, 1.807) is 0 Å². The second-order valence-electron chi connectivity index (χ2n) is 5.80. The monoisotopic (exact) mass is 270 g/mol. The third-order valence-corrected chi connectivity index (χ3v) is 4.26. The number of rotatable bonds is 2. The van der Waals surface area contributed by atoms with E-state index in [1.165, 1.54) is 32.1 Å². The first-order chi connectivity index (χ1) is 9.83. The maximum absolute atomic E-state index is 12.4. The number of hydrogen-bond donors (Lipinski definition) is 2. The highest BCUT2D eigenvalue weighted by atomic mass is 16.1. The molecular weight excluding hydrogens is 248 g/mol. The normalized spacial score (nSPS) is 17.6. The van der Waals surface area contributed by atoms with Gasteiger partial charge in [-0.3, -0.25) is 4.79 Å². The quantitative estimate of drug-likeness (QED) is 0.851. The van der Waals surface area contributed by atoms with Gasteiger partial charge in [-0.1, -0.05) is 32.1 Å². The molecule has 0 bridgehead atoms. The lowest BCUT2D eigenvalue weighted by atomic mass is 9.96. The highest BCUT2D eigenvalue weighted by molar-refractivity contribution is 5.98. The molecule has 1 aromatic carbocycles. The van der Waals surface area contributed by atoms with Crippen LogP contribution in [0.1, 0.15) is 55.3 Å². The van der Waals surface area contributed by atoms with Crippen molar-refractivity contribution in [2.75, 3.05) is 0 Å². The third-order valence-electron chi connectivity index (χ3n) is 4.26. The van der Waals surface area contributed by atoms with E-state index in [0.29, 0.717) is 6.04 Å². The van der Waals surface area contributed by atoms with Crippen molar-refractivity contribution in [3.05, 3.63) is 36.0 Å². The summed E-state index contributed by atoms with van der Waals surface area (Å²) in [5.41, 5.74) is 1.84. The van der Waals surface area contributed by atoms with Crippen LogP contribution in [0.25, 0.3) is 10.9 Å². The van der Waals surface area contributed by atoms with E-state index in [2.05, 4.69) is 10.3 Å². The van der Waals surface area contributed by atoms with E-state index in [0.717, 1.165) is 29.3 Å². The minimum absolute atomic E-state index is 0.0682. The summed E-state index contributed by atoms with van der Waals surface area (Å²) in [6, 6.07) is 8.19. The third kappa shape index (κ3) is 3.03. The largest absolute Gasteiger partial charge is 0.361 e. The van der Waals surface area contributed by atoms with Gasteiger partial charge in [0.25, 0.3) is 5.91 Å². The number of nitrogens with one attached hydrogen (secondary N) is 2. The predicted octanol–water partition coefficient (Wildman–Crippen LogP) is 4.01. The van der Waals surface area contributed by atoms with E-state index in [4.69, 9.17) is 0 Å². The van der Waals surface area contributed by atoms with Crippen LogP contribution >= 0.6 is 0 Å². The molecule has 0 aliphatic heterocycles. The van der Waals surface area contributed by atoms with Crippen LogP contribution in [0.2, 0.25) is 0 Å². The van der Waals surface area contributed by atoms with Crippen LogP contribution in [0.3, 0.4) is 0 Å². The molecule has 1 heterocycles. The van der Waals surface area contributed by atoms with Gasteiger partial charge in [0.1, 0.15) is 0 Å². The molecule has 0 atom stereocenters. The highest BCUT2D eigenvalue weighted by Gasteiger charge is 2.15. The number of amides is 1. The highest BCUT2D eigenvalue weighted by Crippen LogP contribution is 2.18. The van der Waals surface area contributed by atoms with Gasteiger partial charge >= 0.3 is 0 Å².